The van der Waals surface area contributed by atoms with Gasteiger partial charge in [0.25, 0.3) is 0 Å². The molecule has 0 spiro atoms. The molecule has 2 aromatic rings. The Morgan fingerprint density at radius 2 is 1.77 bits per heavy atom. The molecule has 0 atom stereocenters. The van der Waals surface area contributed by atoms with Gasteiger partial charge in [0.1, 0.15) is 0 Å². The lowest BCUT2D eigenvalue weighted by atomic mass is 10.1. The lowest BCUT2D eigenvalue weighted by Gasteiger charge is -2.31. The number of rotatable bonds is 6. The summed E-state index contributed by atoms with van der Waals surface area (Å²) in [5, 5.41) is 3.04. The average molecular weight is 431 g/mol. The fourth-order valence-electron chi connectivity index (χ4n) is 3.75. The molecule has 1 N–H and O–H groups in total. The third kappa shape index (κ3) is 4.60. The van der Waals surface area contributed by atoms with Crippen LogP contribution >= 0.6 is 0 Å². The molecule has 0 unspecified atom stereocenters. The van der Waals surface area contributed by atoms with Crippen molar-refractivity contribution in [1.82, 2.24) is 9.62 Å². The largest absolute Gasteiger partial charge is 0.454 e. The highest BCUT2D eigenvalue weighted by Gasteiger charge is 2.29. The number of sulfonamides is 1. The highest BCUT2D eigenvalue weighted by atomic mass is 32.2. The van der Waals surface area contributed by atoms with Crippen LogP contribution in [0, 0.1) is 6.92 Å². The Hall–Kier alpha value is -2.58. The molecule has 2 aliphatic rings. The van der Waals surface area contributed by atoms with Crippen LogP contribution in [0.25, 0.3) is 0 Å². The van der Waals surface area contributed by atoms with Gasteiger partial charge in [-0.25, -0.2) is 8.42 Å². The molecule has 8 heteroatoms. The third-order valence-electron chi connectivity index (χ3n) is 5.56. The van der Waals surface area contributed by atoms with Crippen molar-refractivity contribution >= 4 is 15.9 Å². The third-order valence-corrected chi connectivity index (χ3v) is 7.47. The first kappa shape index (κ1) is 20.7. The second-order valence-corrected chi connectivity index (χ2v) is 9.68. The molecular formula is C22H26N2O5S. The number of amides is 1. The van der Waals surface area contributed by atoms with E-state index >= 15 is 0 Å². The maximum Gasteiger partial charge on any atom is 0.243 e. The Labute approximate surface area is 177 Å². The van der Waals surface area contributed by atoms with Crippen molar-refractivity contribution in [2.45, 2.75) is 43.5 Å². The van der Waals surface area contributed by atoms with E-state index in [2.05, 4.69) is 5.32 Å². The molecule has 160 valence electrons. The SMILES string of the molecule is Cc1ccc(S(=O)(=O)N2CCC(NC(=O)CCc3ccc4c(c3)OCO4)CC2)cc1. The number of aryl methyl sites for hydroxylation is 2. The monoisotopic (exact) mass is 430 g/mol. The number of hydrogen-bond acceptors (Lipinski definition) is 5. The number of carbonyl (C=O) groups excluding carboxylic acids is 1. The molecule has 0 bridgehead atoms. The standard InChI is InChI=1S/C22H26N2O5S/c1-16-2-6-19(7-3-16)30(26,27)24-12-10-18(11-13-24)23-22(25)9-5-17-4-8-20-21(14-17)29-15-28-20/h2-4,6-8,14,18H,5,9-13,15H2,1H3,(H,23,25). The predicted molar refractivity (Wildman–Crippen MR) is 112 cm³/mol. The predicted octanol–water partition coefficient (Wildman–Crippen LogP) is 2.63. The maximum absolute atomic E-state index is 12.8. The van der Waals surface area contributed by atoms with Gasteiger partial charge in [0, 0.05) is 25.6 Å². The van der Waals surface area contributed by atoms with Crippen molar-refractivity contribution in [2.75, 3.05) is 19.9 Å². The first-order chi connectivity index (χ1) is 14.4. The van der Waals surface area contributed by atoms with Crippen molar-refractivity contribution in [3.8, 4) is 11.5 Å². The van der Waals surface area contributed by atoms with Gasteiger partial charge in [0.05, 0.1) is 4.90 Å². The van der Waals surface area contributed by atoms with Crippen LogP contribution in [0.15, 0.2) is 47.4 Å². The van der Waals surface area contributed by atoms with Crippen LogP contribution in [0.5, 0.6) is 11.5 Å². The zero-order valence-electron chi connectivity index (χ0n) is 17.0. The van der Waals surface area contributed by atoms with Gasteiger partial charge in [-0.1, -0.05) is 23.8 Å². The summed E-state index contributed by atoms with van der Waals surface area (Å²) in [7, 11) is -3.48. The lowest BCUT2D eigenvalue weighted by Crippen LogP contribution is -2.46. The van der Waals surface area contributed by atoms with Crippen LogP contribution in [0.1, 0.15) is 30.4 Å². The summed E-state index contributed by atoms with van der Waals surface area (Å²) in [6.07, 6.45) is 2.21. The number of nitrogens with one attached hydrogen (secondary N) is 1. The molecule has 0 aliphatic carbocycles. The Morgan fingerprint density at radius 1 is 1.07 bits per heavy atom. The van der Waals surface area contributed by atoms with Gasteiger partial charge in [0.2, 0.25) is 22.7 Å². The van der Waals surface area contributed by atoms with Crippen molar-refractivity contribution in [2.24, 2.45) is 0 Å². The summed E-state index contributed by atoms with van der Waals surface area (Å²) in [6, 6.07) is 12.6. The number of nitrogens with zero attached hydrogens (tertiary/aromatic N) is 1. The van der Waals surface area contributed by atoms with Gasteiger partial charge >= 0.3 is 0 Å². The second-order valence-electron chi connectivity index (χ2n) is 7.75. The molecular weight excluding hydrogens is 404 g/mol. The van der Waals surface area contributed by atoms with E-state index in [1.807, 2.05) is 25.1 Å². The number of ether oxygens (including phenoxy) is 2. The van der Waals surface area contributed by atoms with Crippen LogP contribution in [-0.2, 0) is 21.2 Å². The van der Waals surface area contributed by atoms with Crippen LogP contribution in [-0.4, -0.2) is 44.6 Å². The number of piperidine rings is 1. The van der Waals surface area contributed by atoms with Crippen molar-refractivity contribution < 1.29 is 22.7 Å². The summed E-state index contributed by atoms with van der Waals surface area (Å²) < 4.78 is 37.7. The van der Waals surface area contributed by atoms with E-state index in [-0.39, 0.29) is 18.7 Å². The normalized spacial score (nSPS) is 17.1. The van der Waals surface area contributed by atoms with Crippen molar-refractivity contribution in [3.63, 3.8) is 0 Å². The van der Waals surface area contributed by atoms with E-state index in [0.717, 1.165) is 22.6 Å². The van der Waals surface area contributed by atoms with Crippen LogP contribution < -0.4 is 14.8 Å². The lowest BCUT2D eigenvalue weighted by molar-refractivity contribution is -0.122. The summed E-state index contributed by atoms with van der Waals surface area (Å²) in [4.78, 5) is 12.7. The van der Waals surface area contributed by atoms with E-state index < -0.39 is 10.0 Å². The van der Waals surface area contributed by atoms with Crippen LogP contribution in [0.2, 0.25) is 0 Å². The molecule has 1 saturated heterocycles. The van der Waals surface area contributed by atoms with Gasteiger partial charge in [-0.05, 0) is 56.0 Å². The minimum absolute atomic E-state index is 0.00118. The highest BCUT2D eigenvalue weighted by molar-refractivity contribution is 7.89. The zero-order chi connectivity index (χ0) is 21.1. The first-order valence-electron chi connectivity index (χ1n) is 10.2. The quantitative estimate of drug-likeness (QED) is 0.762. The molecule has 0 aromatic heterocycles. The number of hydrogen-bond donors (Lipinski definition) is 1. The Kier molecular flexibility index (Phi) is 5.97. The number of benzene rings is 2. The fourth-order valence-corrected chi connectivity index (χ4v) is 5.22. The Bertz CT molecular complexity index is 1010. The van der Waals surface area contributed by atoms with E-state index in [4.69, 9.17) is 9.47 Å². The van der Waals surface area contributed by atoms with Gasteiger partial charge in [-0.2, -0.15) is 4.31 Å². The number of carbonyl (C=O) groups is 1. The Morgan fingerprint density at radius 3 is 2.50 bits per heavy atom. The molecule has 2 aromatic carbocycles. The first-order valence-corrected chi connectivity index (χ1v) is 11.6. The topological polar surface area (TPSA) is 84.9 Å². The summed E-state index contributed by atoms with van der Waals surface area (Å²) in [5.74, 6) is 1.43. The molecule has 2 heterocycles. The van der Waals surface area contributed by atoms with Crippen molar-refractivity contribution in [3.05, 3.63) is 53.6 Å². The summed E-state index contributed by atoms with van der Waals surface area (Å²) in [5.41, 5.74) is 2.05. The van der Waals surface area contributed by atoms with E-state index in [0.29, 0.717) is 43.7 Å². The van der Waals surface area contributed by atoms with Crippen LogP contribution in [0.4, 0.5) is 0 Å². The molecule has 0 saturated carbocycles. The van der Waals surface area contributed by atoms with Gasteiger partial charge < -0.3 is 14.8 Å². The molecule has 2 aliphatic heterocycles. The molecule has 30 heavy (non-hydrogen) atoms. The fraction of sp³-hybridized carbons (Fsp3) is 0.409. The molecule has 1 amide bonds. The molecule has 0 radical (unpaired) electrons. The molecule has 7 nitrogen and oxygen atoms in total. The van der Waals surface area contributed by atoms with E-state index in [9.17, 15) is 13.2 Å². The molecule has 4 rings (SSSR count). The van der Waals surface area contributed by atoms with Gasteiger partial charge in [0.15, 0.2) is 11.5 Å². The number of fused-ring (bicyclic) bond motifs is 1. The Balaban J connectivity index is 1.25. The minimum Gasteiger partial charge on any atom is -0.454 e. The summed E-state index contributed by atoms with van der Waals surface area (Å²) in [6.45, 7) is 2.97. The minimum atomic E-state index is -3.48. The van der Waals surface area contributed by atoms with E-state index in [1.165, 1.54) is 4.31 Å². The van der Waals surface area contributed by atoms with E-state index in [1.54, 1.807) is 24.3 Å². The second kappa shape index (κ2) is 8.65. The maximum atomic E-state index is 12.8. The van der Waals surface area contributed by atoms with Crippen molar-refractivity contribution in [1.29, 1.82) is 0 Å². The van der Waals surface area contributed by atoms with Gasteiger partial charge in [-0.3, -0.25) is 4.79 Å². The summed E-state index contributed by atoms with van der Waals surface area (Å²) >= 11 is 0. The van der Waals surface area contributed by atoms with Gasteiger partial charge in [-0.15, -0.1) is 0 Å². The zero-order valence-corrected chi connectivity index (χ0v) is 17.8. The van der Waals surface area contributed by atoms with Crippen LogP contribution in [0.3, 0.4) is 0 Å². The molecule has 1 fully saturated rings. The highest BCUT2D eigenvalue weighted by Crippen LogP contribution is 2.32. The smallest absolute Gasteiger partial charge is 0.243 e. The average Bonchev–Trinajstić information content (AvgIpc) is 3.21.